The fourth-order valence-electron chi connectivity index (χ4n) is 3.34. The van der Waals surface area contributed by atoms with Crippen molar-refractivity contribution < 1.29 is 23.8 Å². The molecule has 39 heavy (non-hydrogen) atoms. The van der Waals surface area contributed by atoms with E-state index in [9.17, 15) is 9.59 Å². The van der Waals surface area contributed by atoms with Crippen LogP contribution in [0.15, 0.2) is 36.4 Å². The molecule has 11 heteroatoms. The molecule has 0 N–H and O–H groups in total. The number of halogens is 2. The average Bonchev–Trinajstić information content (AvgIpc) is 2.82. The Hall–Kier alpha value is -3.43. The summed E-state index contributed by atoms with van der Waals surface area (Å²) in [5, 5.41) is 0.974. The average molecular weight is 575 g/mol. The van der Waals surface area contributed by atoms with E-state index in [1.807, 2.05) is 13.0 Å². The lowest BCUT2D eigenvalue weighted by atomic mass is 10.1. The monoisotopic (exact) mass is 574 g/mol. The molecule has 0 spiro atoms. The fourth-order valence-corrected chi connectivity index (χ4v) is 3.66. The van der Waals surface area contributed by atoms with Crippen molar-refractivity contribution in [2.45, 2.75) is 66.2 Å². The van der Waals surface area contributed by atoms with Crippen molar-refractivity contribution in [3.8, 4) is 28.8 Å². The summed E-state index contributed by atoms with van der Waals surface area (Å²) in [6.07, 6.45) is -1.68. The summed E-state index contributed by atoms with van der Waals surface area (Å²) in [6.45, 7) is 12.0. The summed E-state index contributed by atoms with van der Waals surface area (Å²) in [5.41, 5.74) is 0.955. The van der Waals surface area contributed by atoms with Gasteiger partial charge in [-0.15, -0.1) is 0 Å². The zero-order valence-electron chi connectivity index (χ0n) is 23.3. The molecule has 0 aliphatic rings. The van der Waals surface area contributed by atoms with Crippen LogP contribution in [0.3, 0.4) is 0 Å². The van der Waals surface area contributed by atoms with Crippen LogP contribution in [0.1, 0.15) is 52.7 Å². The van der Waals surface area contributed by atoms with Crippen molar-refractivity contribution in [3.63, 3.8) is 0 Å². The SMILES string of the molecule is COc1nc(-c2ccc(Cl)c(C)c2)nc(-c2cc(CN(C(=O)OC(C)(C)C)C(=O)OC(C)(C)C)ccc2Cl)n1. The van der Waals surface area contributed by atoms with Gasteiger partial charge in [-0.2, -0.15) is 9.97 Å². The summed E-state index contributed by atoms with van der Waals surface area (Å²) >= 11 is 12.7. The Morgan fingerprint density at radius 3 is 1.92 bits per heavy atom. The van der Waals surface area contributed by atoms with Crippen molar-refractivity contribution >= 4 is 35.4 Å². The van der Waals surface area contributed by atoms with Crippen molar-refractivity contribution in [2.24, 2.45) is 0 Å². The highest BCUT2D eigenvalue weighted by Crippen LogP contribution is 2.31. The highest BCUT2D eigenvalue weighted by atomic mass is 35.5. The minimum absolute atomic E-state index is 0.0909. The van der Waals surface area contributed by atoms with Gasteiger partial charge in [-0.25, -0.2) is 19.5 Å². The molecular weight excluding hydrogens is 543 g/mol. The van der Waals surface area contributed by atoms with Crippen LogP contribution in [0.5, 0.6) is 6.01 Å². The number of aromatic nitrogens is 3. The van der Waals surface area contributed by atoms with Crippen LogP contribution in [-0.4, -0.2) is 50.4 Å². The first-order chi connectivity index (χ1) is 18.1. The van der Waals surface area contributed by atoms with Crippen LogP contribution in [0, 0.1) is 6.92 Å². The maximum absolute atomic E-state index is 13.0. The molecule has 0 aliphatic carbocycles. The van der Waals surface area contributed by atoms with Gasteiger partial charge in [-0.3, -0.25) is 0 Å². The number of methoxy groups -OCH3 is 1. The van der Waals surface area contributed by atoms with Crippen LogP contribution in [0.25, 0.3) is 22.8 Å². The van der Waals surface area contributed by atoms with Crippen LogP contribution < -0.4 is 4.74 Å². The normalized spacial score (nSPS) is 11.6. The summed E-state index contributed by atoms with van der Waals surface area (Å²) in [5.74, 6) is 0.611. The Morgan fingerprint density at radius 1 is 0.821 bits per heavy atom. The number of carbonyl (C=O) groups is 2. The highest BCUT2D eigenvalue weighted by Gasteiger charge is 2.31. The fraction of sp³-hybridized carbons (Fsp3) is 0.393. The third kappa shape index (κ3) is 8.28. The van der Waals surface area contributed by atoms with Gasteiger partial charge in [-0.05, 0) is 89.9 Å². The van der Waals surface area contributed by atoms with E-state index in [0.29, 0.717) is 32.6 Å². The van der Waals surface area contributed by atoms with Gasteiger partial charge in [0.2, 0.25) is 0 Å². The van der Waals surface area contributed by atoms with E-state index in [1.165, 1.54) is 7.11 Å². The Balaban J connectivity index is 2.04. The number of ether oxygens (including phenoxy) is 3. The maximum Gasteiger partial charge on any atom is 0.420 e. The van der Waals surface area contributed by atoms with Gasteiger partial charge >= 0.3 is 18.2 Å². The minimum atomic E-state index is -0.838. The second-order valence-corrected chi connectivity index (χ2v) is 11.6. The molecule has 2 aromatic carbocycles. The molecule has 3 rings (SSSR count). The van der Waals surface area contributed by atoms with E-state index in [4.69, 9.17) is 37.4 Å². The van der Waals surface area contributed by atoms with Gasteiger partial charge in [0, 0.05) is 16.1 Å². The van der Waals surface area contributed by atoms with Crippen molar-refractivity contribution in [1.82, 2.24) is 19.9 Å². The number of hydrogen-bond acceptors (Lipinski definition) is 8. The predicted octanol–water partition coefficient (Wildman–Crippen LogP) is 7.50. The smallest absolute Gasteiger partial charge is 0.420 e. The van der Waals surface area contributed by atoms with Crippen molar-refractivity contribution in [1.29, 1.82) is 0 Å². The summed E-state index contributed by atoms with van der Waals surface area (Å²) in [7, 11) is 1.45. The maximum atomic E-state index is 13.0. The first kappa shape index (κ1) is 30.1. The Morgan fingerprint density at radius 2 is 1.38 bits per heavy atom. The number of benzene rings is 2. The number of carbonyl (C=O) groups excluding carboxylic acids is 2. The quantitative estimate of drug-likeness (QED) is 0.308. The molecule has 0 saturated carbocycles. The first-order valence-corrected chi connectivity index (χ1v) is 12.9. The van der Waals surface area contributed by atoms with Crippen LogP contribution in [0.2, 0.25) is 10.0 Å². The van der Waals surface area contributed by atoms with Crippen LogP contribution >= 0.6 is 23.2 Å². The van der Waals surface area contributed by atoms with E-state index >= 15 is 0 Å². The molecule has 3 aromatic rings. The van der Waals surface area contributed by atoms with E-state index < -0.39 is 23.4 Å². The van der Waals surface area contributed by atoms with E-state index in [2.05, 4.69) is 15.0 Å². The summed E-state index contributed by atoms with van der Waals surface area (Å²) < 4.78 is 16.2. The van der Waals surface area contributed by atoms with Crippen LogP contribution in [0.4, 0.5) is 9.59 Å². The Labute approximate surface area is 238 Å². The number of rotatable bonds is 5. The molecule has 0 fully saturated rings. The third-order valence-corrected chi connectivity index (χ3v) is 5.81. The van der Waals surface area contributed by atoms with Gasteiger partial charge < -0.3 is 14.2 Å². The van der Waals surface area contributed by atoms with Gasteiger partial charge in [0.15, 0.2) is 11.6 Å². The first-order valence-electron chi connectivity index (χ1n) is 12.1. The van der Waals surface area contributed by atoms with E-state index in [1.54, 1.807) is 71.9 Å². The molecular formula is C28H32Cl2N4O5. The molecule has 2 amide bonds. The van der Waals surface area contributed by atoms with Gasteiger partial charge in [0.25, 0.3) is 0 Å². The number of nitrogens with zero attached hydrogens (tertiary/aromatic N) is 4. The molecule has 0 unspecified atom stereocenters. The lowest BCUT2D eigenvalue weighted by Gasteiger charge is -2.28. The lowest BCUT2D eigenvalue weighted by Crippen LogP contribution is -2.43. The Bertz CT molecular complexity index is 1360. The number of aryl methyl sites for hydroxylation is 1. The zero-order chi connectivity index (χ0) is 29.1. The number of hydrogen-bond donors (Lipinski definition) is 0. The second kappa shape index (κ2) is 11.8. The molecule has 208 valence electrons. The number of amides is 2. The zero-order valence-corrected chi connectivity index (χ0v) is 24.8. The molecule has 1 aromatic heterocycles. The lowest BCUT2D eigenvalue weighted by molar-refractivity contribution is -0.000249. The van der Waals surface area contributed by atoms with E-state index in [-0.39, 0.29) is 18.4 Å². The standard InChI is InChI=1S/C28H32Cl2N4O5/c1-16-13-18(10-12-20(16)29)22-31-23(33-24(32-22)37-8)19-14-17(9-11-21(19)30)15-34(25(35)38-27(2,3)4)26(36)39-28(5,6)7/h9-14H,15H2,1-8H3. The van der Waals surface area contributed by atoms with E-state index in [0.717, 1.165) is 10.5 Å². The molecule has 9 nitrogen and oxygen atoms in total. The summed E-state index contributed by atoms with van der Waals surface area (Å²) in [4.78, 5) is 40.2. The highest BCUT2D eigenvalue weighted by molar-refractivity contribution is 6.33. The second-order valence-electron chi connectivity index (χ2n) is 10.8. The predicted molar refractivity (Wildman–Crippen MR) is 150 cm³/mol. The molecule has 0 saturated heterocycles. The summed E-state index contributed by atoms with van der Waals surface area (Å²) in [6, 6.07) is 10.5. The minimum Gasteiger partial charge on any atom is -0.467 e. The molecule has 0 atom stereocenters. The van der Waals surface area contributed by atoms with Gasteiger partial charge in [-0.1, -0.05) is 29.3 Å². The molecule has 1 heterocycles. The van der Waals surface area contributed by atoms with Crippen LogP contribution in [-0.2, 0) is 16.0 Å². The largest absolute Gasteiger partial charge is 0.467 e. The number of imide groups is 1. The topological polar surface area (TPSA) is 104 Å². The van der Waals surface area contributed by atoms with Gasteiger partial charge in [0.1, 0.15) is 11.2 Å². The third-order valence-electron chi connectivity index (χ3n) is 5.05. The molecule has 0 aliphatic heterocycles. The van der Waals surface area contributed by atoms with Crippen molar-refractivity contribution in [3.05, 3.63) is 57.6 Å². The molecule has 0 radical (unpaired) electrons. The molecule has 0 bridgehead atoms. The van der Waals surface area contributed by atoms with Gasteiger partial charge in [0.05, 0.1) is 18.7 Å². The van der Waals surface area contributed by atoms with Crippen molar-refractivity contribution in [2.75, 3.05) is 7.11 Å². The Kier molecular flexibility index (Phi) is 9.08.